The molecule has 52 valence electrons. The third-order valence-corrected chi connectivity index (χ3v) is 1.27. The van der Waals surface area contributed by atoms with Crippen LogP contribution in [0.2, 0.25) is 0 Å². The predicted octanol–water partition coefficient (Wildman–Crippen LogP) is -0.0886. The van der Waals surface area contributed by atoms with Gasteiger partial charge in [-0.2, -0.15) is 0 Å². The molecule has 0 amide bonds. The summed E-state index contributed by atoms with van der Waals surface area (Å²) >= 11 is 0. The van der Waals surface area contributed by atoms with Crippen LogP contribution in [-0.4, -0.2) is 25.2 Å². The highest BCUT2D eigenvalue weighted by atomic mass is 16.5. The Labute approximate surface area is 54.4 Å². The van der Waals surface area contributed by atoms with Crippen molar-refractivity contribution in [1.82, 2.24) is 5.32 Å². The van der Waals surface area contributed by atoms with Gasteiger partial charge in [-0.15, -0.1) is 0 Å². The summed E-state index contributed by atoms with van der Waals surface area (Å²) in [6.45, 7) is 3.18. The number of carbonyl (C=O) groups excluding carboxylic acids is 1. The van der Waals surface area contributed by atoms with Gasteiger partial charge in [-0.1, -0.05) is 0 Å². The van der Waals surface area contributed by atoms with Gasteiger partial charge in [0.05, 0.1) is 6.61 Å². The average molecular weight is 129 g/mol. The molecular formula is C6H11NO2. The smallest absolute Gasteiger partial charge is 0.133 e. The van der Waals surface area contributed by atoms with Crippen molar-refractivity contribution in [2.45, 2.75) is 19.6 Å². The molecule has 1 atom stereocenters. The third-order valence-electron chi connectivity index (χ3n) is 1.27. The maximum absolute atomic E-state index is 10.5. The van der Waals surface area contributed by atoms with Crippen LogP contribution < -0.4 is 5.32 Å². The predicted molar refractivity (Wildman–Crippen MR) is 33.0 cm³/mol. The molecule has 0 aromatic carbocycles. The van der Waals surface area contributed by atoms with Crippen LogP contribution in [-0.2, 0) is 9.53 Å². The second-order valence-electron chi connectivity index (χ2n) is 2.22. The molecule has 9 heavy (non-hydrogen) atoms. The lowest BCUT2D eigenvalue weighted by atomic mass is 10.3. The zero-order valence-electron chi connectivity index (χ0n) is 5.52. The average Bonchev–Trinajstić information content (AvgIpc) is 2.15. The number of ketones is 1. The Balaban J connectivity index is 2.19. The molecule has 1 N–H and O–H groups in total. The Morgan fingerprint density at radius 2 is 2.67 bits per heavy atom. The molecule has 3 heteroatoms. The van der Waals surface area contributed by atoms with Crippen molar-refractivity contribution in [1.29, 1.82) is 0 Å². The van der Waals surface area contributed by atoms with E-state index in [1.54, 1.807) is 6.92 Å². The van der Waals surface area contributed by atoms with E-state index in [0.717, 1.165) is 13.2 Å². The quantitative estimate of drug-likeness (QED) is 0.566. The van der Waals surface area contributed by atoms with Crippen molar-refractivity contribution in [2.75, 3.05) is 13.2 Å². The first-order chi connectivity index (χ1) is 4.29. The molecule has 1 fully saturated rings. The van der Waals surface area contributed by atoms with Gasteiger partial charge in [0.25, 0.3) is 0 Å². The number of rotatable bonds is 2. The maximum Gasteiger partial charge on any atom is 0.133 e. The highest BCUT2D eigenvalue weighted by molar-refractivity contribution is 5.75. The maximum atomic E-state index is 10.5. The fourth-order valence-corrected chi connectivity index (χ4v) is 0.872. The minimum absolute atomic E-state index is 0.0116. The molecule has 0 bridgehead atoms. The van der Waals surface area contributed by atoms with Gasteiger partial charge in [0.1, 0.15) is 12.0 Å². The molecule has 0 aromatic rings. The lowest BCUT2D eigenvalue weighted by molar-refractivity contribution is -0.119. The number of hydrogen-bond donors (Lipinski definition) is 1. The zero-order chi connectivity index (χ0) is 6.69. The van der Waals surface area contributed by atoms with Crippen LogP contribution >= 0.6 is 0 Å². The summed E-state index contributed by atoms with van der Waals surface area (Å²) in [7, 11) is 0. The zero-order valence-corrected chi connectivity index (χ0v) is 5.52. The Morgan fingerprint density at radius 1 is 1.89 bits per heavy atom. The molecular weight excluding hydrogens is 118 g/mol. The second-order valence-corrected chi connectivity index (χ2v) is 2.22. The first kappa shape index (κ1) is 6.71. The van der Waals surface area contributed by atoms with Crippen molar-refractivity contribution in [2.24, 2.45) is 0 Å². The standard InChI is InChI=1S/C6H11NO2/c1-5(8)4-6-7-2-3-9-6/h6-7H,2-4H2,1H3. The van der Waals surface area contributed by atoms with Gasteiger partial charge in [0.15, 0.2) is 0 Å². The van der Waals surface area contributed by atoms with Gasteiger partial charge >= 0.3 is 0 Å². The molecule has 0 saturated carbocycles. The number of Topliss-reactive ketones (excluding diaryl/α,β-unsaturated/α-hetero) is 1. The van der Waals surface area contributed by atoms with Crippen LogP contribution in [0.15, 0.2) is 0 Å². The van der Waals surface area contributed by atoms with E-state index in [1.807, 2.05) is 0 Å². The first-order valence-electron chi connectivity index (χ1n) is 3.13. The van der Waals surface area contributed by atoms with Gasteiger partial charge in [-0.3, -0.25) is 10.1 Å². The Morgan fingerprint density at radius 3 is 3.11 bits per heavy atom. The van der Waals surface area contributed by atoms with Gasteiger partial charge in [0, 0.05) is 13.0 Å². The largest absolute Gasteiger partial charge is 0.362 e. The fraction of sp³-hybridized carbons (Fsp3) is 0.833. The van der Waals surface area contributed by atoms with E-state index < -0.39 is 0 Å². The van der Waals surface area contributed by atoms with Crippen molar-refractivity contribution in [3.05, 3.63) is 0 Å². The van der Waals surface area contributed by atoms with Crippen LogP contribution in [0.3, 0.4) is 0 Å². The third kappa shape index (κ3) is 2.11. The van der Waals surface area contributed by atoms with Gasteiger partial charge in [0.2, 0.25) is 0 Å². The summed E-state index contributed by atoms with van der Waals surface area (Å²) in [5.74, 6) is 0.175. The van der Waals surface area contributed by atoms with Crippen LogP contribution in [0.4, 0.5) is 0 Å². The molecule has 0 spiro atoms. The lowest BCUT2D eigenvalue weighted by Crippen LogP contribution is -2.24. The van der Waals surface area contributed by atoms with E-state index in [4.69, 9.17) is 4.74 Å². The number of carbonyl (C=O) groups is 1. The molecule has 3 nitrogen and oxygen atoms in total. The molecule has 1 unspecified atom stereocenters. The van der Waals surface area contributed by atoms with Crippen LogP contribution in [0.5, 0.6) is 0 Å². The normalized spacial score (nSPS) is 26.6. The molecule has 1 aliphatic rings. The number of ether oxygens (including phenoxy) is 1. The number of hydrogen-bond acceptors (Lipinski definition) is 3. The Bertz CT molecular complexity index is 108. The minimum Gasteiger partial charge on any atom is -0.362 e. The lowest BCUT2D eigenvalue weighted by Gasteiger charge is -2.04. The molecule has 0 radical (unpaired) electrons. The Hall–Kier alpha value is -0.410. The van der Waals surface area contributed by atoms with Gasteiger partial charge < -0.3 is 4.74 Å². The minimum atomic E-state index is -0.0116. The molecule has 1 saturated heterocycles. The van der Waals surface area contributed by atoms with Crippen molar-refractivity contribution < 1.29 is 9.53 Å². The van der Waals surface area contributed by atoms with E-state index in [2.05, 4.69) is 5.32 Å². The van der Waals surface area contributed by atoms with Crippen molar-refractivity contribution >= 4 is 5.78 Å². The van der Waals surface area contributed by atoms with E-state index in [-0.39, 0.29) is 12.0 Å². The molecule has 1 rings (SSSR count). The van der Waals surface area contributed by atoms with Crippen LogP contribution in [0.1, 0.15) is 13.3 Å². The van der Waals surface area contributed by atoms with Crippen LogP contribution in [0.25, 0.3) is 0 Å². The summed E-state index contributed by atoms with van der Waals surface area (Å²) < 4.78 is 5.13. The summed E-state index contributed by atoms with van der Waals surface area (Å²) in [6, 6.07) is 0. The summed E-state index contributed by atoms with van der Waals surface area (Å²) in [4.78, 5) is 10.5. The van der Waals surface area contributed by atoms with E-state index in [0.29, 0.717) is 6.42 Å². The van der Waals surface area contributed by atoms with Crippen LogP contribution in [0, 0.1) is 0 Å². The second kappa shape index (κ2) is 2.94. The highest BCUT2D eigenvalue weighted by Gasteiger charge is 2.15. The van der Waals surface area contributed by atoms with E-state index in [1.165, 1.54) is 0 Å². The fourth-order valence-electron chi connectivity index (χ4n) is 0.872. The Kier molecular flexibility index (Phi) is 2.19. The van der Waals surface area contributed by atoms with E-state index >= 15 is 0 Å². The molecule has 1 heterocycles. The highest BCUT2D eigenvalue weighted by Crippen LogP contribution is 1.99. The number of nitrogens with one attached hydrogen (secondary N) is 1. The molecule has 0 aromatic heterocycles. The van der Waals surface area contributed by atoms with Crippen molar-refractivity contribution in [3.8, 4) is 0 Å². The summed E-state index contributed by atoms with van der Waals surface area (Å²) in [5, 5.41) is 3.04. The van der Waals surface area contributed by atoms with Gasteiger partial charge in [-0.25, -0.2) is 0 Å². The monoisotopic (exact) mass is 129 g/mol. The summed E-state index contributed by atoms with van der Waals surface area (Å²) in [5.41, 5.74) is 0. The topological polar surface area (TPSA) is 38.3 Å². The van der Waals surface area contributed by atoms with Gasteiger partial charge in [-0.05, 0) is 6.92 Å². The van der Waals surface area contributed by atoms with E-state index in [9.17, 15) is 4.79 Å². The van der Waals surface area contributed by atoms with Crippen molar-refractivity contribution in [3.63, 3.8) is 0 Å². The SMILES string of the molecule is CC(=O)CC1NCCO1. The first-order valence-corrected chi connectivity index (χ1v) is 3.13. The summed E-state index contributed by atoms with van der Waals surface area (Å²) in [6.07, 6.45) is 0.488. The molecule has 0 aliphatic carbocycles. The molecule has 1 aliphatic heterocycles.